The molecule has 2 rings (SSSR count). The van der Waals surface area contributed by atoms with Crippen molar-refractivity contribution in [3.05, 3.63) is 29.8 Å². The van der Waals surface area contributed by atoms with Gasteiger partial charge in [-0.3, -0.25) is 0 Å². The number of nitrogens with zero attached hydrogens (tertiary/aromatic N) is 2. The van der Waals surface area contributed by atoms with Crippen LogP contribution in [0.4, 0.5) is 0 Å². The van der Waals surface area contributed by atoms with Gasteiger partial charge in [0.05, 0.1) is 16.5 Å². The fraction of sp³-hybridized carbons (Fsp3) is 0.500. The number of hydrogen-bond donors (Lipinski definition) is 1. The van der Waals surface area contributed by atoms with Crippen molar-refractivity contribution in [2.24, 2.45) is 0 Å². The Balaban J connectivity index is 2.28. The Morgan fingerprint density at radius 2 is 2.10 bits per heavy atom. The molecule has 5 nitrogen and oxygen atoms in total. The first-order valence-corrected chi connectivity index (χ1v) is 8.26. The van der Waals surface area contributed by atoms with Crippen LogP contribution in [0.15, 0.2) is 29.2 Å². The third kappa shape index (κ3) is 3.01. The first kappa shape index (κ1) is 15.0. The van der Waals surface area contributed by atoms with E-state index in [1.165, 1.54) is 12.1 Å². The molecular weight excluding hydrogens is 274 g/mol. The summed E-state index contributed by atoms with van der Waals surface area (Å²) in [7, 11) is -3.49. The summed E-state index contributed by atoms with van der Waals surface area (Å²) in [6.45, 7) is 3.96. The molecule has 0 saturated carbocycles. The van der Waals surface area contributed by atoms with Crippen molar-refractivity contribution < 1.29 is 8.42 Å². The second-order valence-electron chi connectivity index (χ2n) is 4.84. The number of likely N-dealkylation sites (N-methyl/N-ethyl adjacent to an activating group) is 1. The smallest absolute Gasteiger partial charge is 0.243 e. The summed E-state index contributed by atoms with van der Waals surface area (Å²) in [4.78, 5) is 0.254. The molecule has 1 aromatic carbocycles. The Morgan fingerprint density at radius 1 is 1.40 bits per heavy atom. The Kier molecular flexibility index (Phi) is 4.76. The molecule has 1 N–H and O–H groups in total. The minimum Gasteiger partial charge on any atom is -0.315 e. The number of rotatable bonds is 4. The zero-order valence-electron chi connectivity index (χ0n) is 11.5. The monoisotopic (exact) mass is 293 g/mol. The lowest BCUT2D eigenvalue weighted by Gasteiger charge is -2.33. The van der Waals surface area contributed by atoms with Crippen molar-refractivity contribution in [1.29, 1.82) is 5.26 Å². The van der Waals surface area contributed by atoms with E-state index in [1.807, 2.05) is 13.0 Å². The van der Waals surface area contributed by atoms with Crippen LogP contribution in [0.1, 0.15) is 25.3 Å². The highest BCUT2D eigenvalue weighted by Crippen LogP contribution is 2.21. The lowest BCUT2D eigenvalue weighted by Crippen LogP contribution is -2.48. The standard InChI is InChI=1S/C14H19N3O2S/c1-2-17(13-4-3-9-16-11-13)20(18,19)14-7-5-12(10-15)6-8-14/h5-8,13,16H,2-4,9,11H2,1H3. The van der Waals surface area contributed by atoms with Crippen LogP contribution in [0.5, 0.6) is 0 Å². The van der Waals surface area contributed by atoms with E-state index in [0.29, 0.717) is 18.7 Å². The maximum atomic E-state index is 12.7. The maximum absolute atomic E-state index is 12.7. The lowest BCUT2D eigenvalue weighted by atomic mass is 10.1. The Bertz CT molecular complexity index is 584. The summed E-state index contributed by atoms with van der Waals surface area (Å²) in [6, 6.07) is 8.10. The number of benzene rings is 1. The van der Waals surface area contributed by atoms with Crippen LogP contribution in [-0.2, 0) is 10.0 Å². The minimum absolute atomic E-state index is 0.00870. The minimum atomic E-state index is -3.49. The molecule has 1 unspecified atom stereocenters. The molecule has 1 saturated heterocycles. The second-order valence-corrected chi connectivity index (χ2v) is 6.74. The average Bonchev–Trinajstić information content (AvgIpc) is 2.49. The Hall–Kier alpha value is -1.42. The zero-order valence-corrected chi connectivity index (χ0v) is 12.4. The van der Waals surface area contributed by atoms with Crippen molar-refractivity contribution in [2.75, 3.05) is 19.6 Å². The van der Waals surface area contributed by atoms with E-state index in [0.717, 1.165) is 19.4 Å². The fourth-order valence-electron chi connectivity index (χ4n) is 2.54. The molecule has 1 aromatic rings. The summed E-state index contributed by atoms with van der Waals surface area (Å²) in [5.41, 5.74) is 0.464. The van der Waals surface area contributed by atoms with E-state index in [1.54, 1.807) is 16.4 Å². The summed E-state index contributed by atoms with van der Waals surface area (Å²) in [6.07, 6.45) is 1.88. The summed E-state index contributed by atoms with van der Waals surface area (Å²) in [5.74, 6) is 0. The molecule has 0 amide bonds. The van der Waals surface area contributed by atoms with Crippen LogP contribution < -0.4 is 5.32 Å². The molecule has 0 radical (unpaired) electrons. The van der Waals surface area contributed by atoms with Gasteiger partial charge in [-0.15, -0.1) is 0 Å². The van der Waals surface area contributed by atoms with E-state index < -0.39 is 10.0 Å². The molecule has 1 atom stereocenters. The highest BCUT2D eigenvalue weighted by molar-refractivity contribution is 7.89. The van der Waals surface area contributed by atoms with Crippen LogP contribution in [-0.4, -0.2) is 38.4 Å². The van der Waals surface area contributed by atoms with Gasteiger partial charge in [-0.1, -0.05) is 6.92 Å². The van der Waals surface area contributed by atoms with E-state index in [4.69, 9.17) is 5.26 Å². The summed E-state index contributed by atoms with van der Waals surface area (Å²) in [5, 5.41) is 12.0. The molecule has 0 bridgehead atoms. The number of hydrogen-bond acceptors (Lipinski definition) is 4. The van der Waals surface area contributed by atoms with Gasteiger partial charge < -0.3 is 5.32 Å². The van der Waals surface area contributed by atoms with Crippen LogP contribution in [0.3, 0.4) is 0 Å². The molecule has 6 heteroatoms. The number of piperidine rings is 1. The van der Waals surface area contributed by atoms with Crippen molar-refractivity contribution >= 4 is 10.0 Å². The first-order valence-electron chi connectivity index (χ1n) is 6.82. The number of sulfonamides is 1. The van der Waals surface area contributed by atoms with E-state index in [9.17, 15) is 8.42 Å². The van der Waals surface area contributed by atoms with Gasteiger partial charge >= 0.3 is 0 Å². The van der Waals surface area contributed by atoms with Gasteiger partial charge in [0.2, 0.25) is 10.0 Å². The van der Waals surface area contributed by atoms with Crippen molar-refractivity contribution in [3.8, 4) is 6.07 Å². The summed E-state index contributed by atoms with van der Waals surface area (Å²) >= 11 is 0. The molecule has 20 heavy (non-hydrogen) atoms. The van der Waals surface area contributed by atoms with Crippen molar-refractivity contribution in [2.45, 2.75) is 30.7 Å². The van der Waals surface area contributed by atoms with E-state index >= 15 is 0 Å². The third-order valence-electron chi connectivity index (χ3n) is 3.58. The summed E-state index contributed by atoms with van der Waals surface area (Å²) < 4.78 is 26.9. The molecule has 1 aliphatic heterocycles. The lowest BCUT2D eigenvalue weighted by molar-refractivity contribution is 0.274. The van der Waals surface area contributed by atoms with Gasteiger partial charge in [-0.05, 0) is 43.7 Å². The molecular formula is C14H19N3O2S. The molecule has 1 heterocycles. The van der Waals surface area contributed by atoms with Gasteiger partial charge in [-0.25, -0.2) is 8.42 Å². The molecule has 1 aliphatic rings. The van der Waals surface area contributed by atoms with Crippen LogP contribution in [0.2, 0.25) is 0 Å². The predicted molar refractivity (Wildman–Crippen MR) is 76.6 cm³/mol. The maximum Gasteiger partial charge on any atom is 0.243 e. The average molecular weight is 293 g/mol. The first-order chi connectivity index (χ1) is 9.59. The van der Waals surface area contributed by atoms with E-state index in [-0.39, 0.29) is 10.9 Å². The Labute approximate surface area is 120 Å². The zero-order chi connectivity index (χ0) is 14.6. The van der Waals surface area contributed by atoms with Crippen LogP contribution in [0.25, 0.3) is 0 Å². The van der Waals surface area contributed by atoms with Gasteiger partial charge in [0.25, 0.3) is 0 Å². The highest BCUT2D eigenvalue weighted by atomic mass is 32.2. The molecule has 1 fully saturated rings. The molecule has 0 aliphatic carbocycles. The quantitative estimate of drug-likeness (QED) is 0.908. The predicted octanol–water partition coefficient (Wildman–Crippen LogP) is 1.32. The van der Waals surface area contributed by atoms with Crippen molar-refractivity contribution in [3.63, 3.8) is 0 Å². The van der Waals surface area contributed by atoms with Gasteiger partial charge in [0.15, 0.2) is 0 Å². The van der Waals surface area contributed by atoms with Gasteiger partial charge in [-0.2, -0.15) is 9.57 Å². The number of nitrogens with one attached hydrogen (secondary N) is 1. The fourth-order valence-corrected chi connectivity index (χ4v) is 4.20. The molecule has 0 aromatic heterocycles. The SMILES string of the molecule is CCN(C1CCCNC1)S(=O)(=O)c1ccc(C#N)cc1. The topological polar surface area (TPSA) is 73.2 Å². The van der Waals surface area contributed by atoms with Crippen LogP contribution in [0, 0.1) is 11.3 Å². The third-order valence-corrected chi connectivity index (χ3v) is 5.62. The van der Waals surface area contributed by atoms with Crippen molar-refractivity contribution in [1.82, 2.24) is 9.62 Å². The normalized spacial score (nSPS) is 19.8. The number of nitriles is 1. The largest absolute Gasteiger partial charge is 0.315 e. The van der Waals surface area contributed by atoms with Crippen LogP contribution >= 0.6 is 0 Å². The second kappa shape index (κ2) is 6.35. The van der Waals surface area contributed by atoms with Gasteiger partial charge in [0, 0.05) is 19.1 Å². The molecule has 0 spiro atoms. The Morgan fingerprint density at radius 3 is 2.60 bits per heavy atom. The van der Waals surface area contributed by atoms with Gasteiger partial charge in [0.1, 0.15) is 0 Å². The molecule has 108 valence electrons. The highest BCUT2D eigenvalue weighted by Gasteiger charge is 2.30. The van der Waals surface area contributed by atoms with E-state index in [2.05, 4.69) is 5.32 Å².